The highest BCUT2D eigenvalue weighted by Gasteiger charge is 2.13. The van der Waals surface area contributed by atoms with Crippen LogP contribution in [0, 0.1) is 0 Å². The molecule has 1 heterocycles. The first-order chi connectivity index (χ1) is 13.0. The molecule has 1 N–H and O–H groups in total. The van der Waals surface area contributed by atoms with Crippen molar-refractivity contribution in [1.82, 2.24) is 10.2 Å². The molecule has 0 aliphatic rings. The van der Waals surface area contributed by atoms with Gasteiger partial charge in [-0.1, -0.05) is 37.3 Å². The number of carbonyl (C=O) groups excluding carboxylic acids is 1. The lowest BCUT2D eigenvalue weighted by atomic mass is 10.0. The van der Waals surface area contributed by atoms with Crippen molar-refractivity contribution >= 4 is 34.7 Å². The number of nitrogens with one attached hydrogen (secondary N) is 1. The van der Waals surface area contributed by atoms with Crippen LogP contribution in [0.2, 0.25) is 0 Å². The van der Waals surface area contributed by atoms with Crippen molar-refractivity contribution in [1.29, 1.82) is 0 Å². The number of rotatable bonds is 7. The number of ether oxygens (including phenoxy) is 1. The molecule has 2 aromatic carbocycles. The number of thioether (sulfide) groups is 1. The second-order valence-corrected chi connectivity index (χ2v) is 8.31. The largest absolute Gasteiger partial charge is 0.497 e. The van der Waals surface area contributed by atoms with E-state index < -0.39 is 0 Å². The smallest absolute Gasteiger partial charge is 0.286 e. The van der Waals surface area contributed by atoms with Gasteiger partial charge in [-0.15, -0.1) is 22.0 Å². The summed E-state index contributed by atoms with van der Waals surface area (Å²) in [7, 11) is 1.60. The molecule has 0 bridgehead atoms. The monoisotopic (exact) mass is 399 g/mol. The average Bonchev–Trinajstić information content (AvgIpc) is 3.16. The minimum atomic E-state index is -0.254. The second kappa shape index (κ2) is 9.01. The van der Waals surface area contributed by atoms with E-state index in [1.54, 1.807) is 43.1 Å². The molecule has 0 radical (unpaired) electrons. The van der Waals surface area contributed by atoms with E-state index in [1.807, 2.05) is 0 Å². The summed E-state index contributed by atoms with van der Waals surface area (Å²) in [4.78, 5) is 13.5. The fourth-order valence-corrected chi connectivity index (χ4v) is 3.98. The number of benzene rings is 2. The molecule has 3 rings (SSSR count). The summed E-state index contributed by atoms with van der Waals surface area (Å²) >= 11 is 3.00. The van der Waals surface area contributed by atoms with Crippen molar-refractivity contribution in [3.8, 4) is 5.75 Å². The third kappa shape index (κ3) is 5.30. The Labute approximate surface area is 167 Å². The molecule has 1 amide bonds. The van der Waals surface area contributed by atoms with E-state index in [0.29, 0.717) is 22.4 Å². The Morgan fingerprint density at radius 2 is 1.81 bits per heavy atom. The first-order valence-electron chi connectivity index (χ1n) is 8.55. The highest BCUT2D eigenvalue weighted by atomic mass is 32.2. The van der Waals surface area contributed by atoms with Gasteiger partial charge < -0.3 is 10.1 Å². The third-order valence-corrected chi connectivity index (χ3v) is 6.05. The molecule has 0 saturated heterocycles. The number of carbonyl (C=O) groups is 1. The standard InChI is InChI=1S/C20H21N3O2S2/c1-13(2)14-4-10-17(11-5-14)26-12-18-22-23-20(27-18)19(24)21-15-6-8-16(25-3)9-7-15/h4-11,13H,12H2,1-3H3,(H,21,24). The van der Waals surface area contributed by atoms with Gasteiger partial charge in [-0.2, -0.15) is 0 Å². The molecule has 0 fully saturated rings. The Bertz CT molecular complexity index is 890. The molecule has 0 aliphatic carbocycles. The normalized spacial score (nSPS) is 10.8. The van der Waals surface area contributed by atoms with Crippen LogP contribution in [0.4, 0.5) is 5.69 Å². The van der Waals surface area contributed by atoms with Crippen LogP contribution in [0.25, 0.3) is 0 Å². The Morgan fingerprint density at radius 1 is 1.11 bits per heavy atom. The SMILES string of the molecule is COc1ccc(NC(=O)c2nnc(CSc3ccc(C(C)C)cc3)s2)cc1. The fourth-order valence-electron chi connectivity index (χ4n) is 2.36. The summed E-state index contributed by atoms with van der Waals surface area (Å²) in [5.41, 5.74) is 2.02. The molecule has 0 aliphatic heterocycles. The molecule has 0 unspecified atom stereocenters. The van der Waals surface area contributed by atoms with Gasteiger partial charge in [0.2, 0.25) is 5.01 Å². The summed E-state index contributed by atoms with van der Waals surface area (Å²) in [5, 5.41) is 12.2. The molecule has 140 valence electrons. The van der Waals surface area contributed by atoms with Gasteiger partial charge in [0.05, 0.1) is 12.9 Å². The van der Waals surface area contributed by atoms with E-state index in [9.17, 15) is 4.79 Å². The average molecular weight is 400 g/mol. The fraction of sp³-hybridized carbons (Fsp3) is 0.250. The molecule has 3 aromatic rings. The van der Waals surface area contributed by atoms with Crippen LogP contribution in [-0.4, -0.2) is 23.2 Å². The number of methoxy groups -OCH3 is 1. The van der Waals surface area contributed by atoms with Crippen molar-refractivity contribution in [2.24, 2.45) is 0 Å². The maximum Gasteiger partial charge on any atom is 0.286 e. The van der Waals surface area contributed by atoms with Crippen molar-refractivity contribution in [3.05, 3.63) is 64.1 Å². The Hall–Kier alpha value is -2.38. The molecule has 1 aromatic heterocycles. The molecular weight excluding hydrogens is 378 g/mol. The predicted molar refractivity (Wildman–Crippen MR) is 111 cm³/mol. The van der Waals surface area contributed by atoms with E-state index in [4.69, 9.17) is 4.74 Å². The van der Waals surface area contributed by atoms with Crippen LogP contribution in [0.15, 0.2) is 53.4 Å². The number of hydrogen-bond donors (Lipinski definition) is 1. The van der Waals surface area contributed by atoms with Crippen LogP contribution in [-0.2, 0) is 5.75 Å². The van der Waals surface area contributed by atoms with E-state index in [-0.39, 0.29) is 5.91 Å². The van der Waals surface area contributed by atoms with Crippen LogP contribution in [0.1, 0.15) is 40.1 Å². The summed E-state index contributed by atoms with van der Waals surface area (Å²) in [5.74, 6) is 1.70. The molecule has 7 heteroatoms. The first kappa shape index (κ1) is 19.4. The number of nitrogens with zero attached hydrogens (tertiary/aromatic N) is 2. The van der Waals surface area contributed by atoms with Gasteiger partial charge in [0.25, 0.3) is 5.91 Å². The minimum absolute atomic E-state index is 0.254. The van der Waals surface area contributed by atoms with Crippen LogP contribution in [0.3, 0.4) is 0 Å². The Balaban J connectivity index is 1.56. The van der Waals surface area contributed by atoms with Gasteiger partial charge in [-0.25, -0.2) is 0 Å². The lowest BCUT2D eigenvalue weighted by Gasteiger charge is -2.05. The van der Waals surface area contributed by atoms with Crippen molar-refractivity contribution in [3.63, 3.8) is 0 Å². The van der Waals surface area contributed by atoms with E-state index in [1.165, 1.54) is 21.8 Å². The first-order valence-corrected chi connectivity index (χ1v) is 10.4. The number of hydrogen-bond acceptors (Lipinski definition) is 6. The minimum Gasteiger partial charge on any atom is -0.497 e. The van der Waals surface area contributed by atoms with Crippen molar-refractivity contribution < 1.29 is 9.53 Å². The number of amides is 1. The topological polar surface area (TPSA) is 64.1 Å². The van der Waals surface area contributed by atoms with Gasteiger partial charge in [0.1, 0.15) is 10.8 Å². The maximum atomic E-state index is 12.3. The van der Waals surface area contributed by atoms with Crippen LogP contribution >= 0.6 is 23.1 Å². The molecule has 0 spiro atoms. The van der Waals surface area contributed by atoms with Gasteiger partial charge in [0.15, 0.2) is 0 Å². The van der Waals surface area contributed by atoms with Crippen LogP contribution < -0.4 is 10.1 Å². The maximum absolute atomic E-state index is 12.3. The molecule has 5 nitrogen and oxygen atoms in total. The van der Waals surface area contributed by atoms with E-state index in [2.05, 4.69) is 53.6 Å². The highest BCUT2D eigenvalue weighted by Crippen LogP contribution is 2.26. The van der Waals surface area contributed by atoms with E-state index in [0.717, 1.165) is 10.8 Å². The zero-order valence-electron chi connectivity index (χ0n) is 15.4. The summed E-state index contributed by atoms with van der Waals surface area (Å²) in [6, 6.07) is 15.7. The predicted octanol–water partition coefficient (Wildman–Crippen LogP) is 5.21. The number of aromatic nitrogens is 2. The summed E-state index contributed by atoms with van der Waals surface area (Å²) < 4.78 is 5.11. The van der Waals surface area contributed by atoms with Gasteiger partial charge in [0, 0.05) is 10.6 Å². The lowest BCUT2D eigenvalue weighted by molar-refractivity contribution is 0.102. The van der Waals surface area contributed by atoms with E-state index >= 15 is 0 Å². The molecular formula is C20H21N3O2S2. The molecule has 27 heavy (non-hydrogen) atoms. The second-order valence-electron chi connectivity index (χ2n) is 6.20. The third-order valence-electron chi connectivity index (χ3n) is 3.92. The molecule has 0 saturated carbocycles. The lowest BCUT2D eigenvalue weighted by Crippen LogP contribution is -2.11. The Morgan fingerprint density at radius 3 is 2.44 bits per heavy atom. The Kier molecular flexibility index (Phi) is 6.47. The van der Waals surface area contributed by atoms with Crippen molar-refractivity contribution in [2.45, 2.75) is 30.4 Å². The highest BCUT2D eigenvalue weighted by molar-refractivity contribution is 7.98. The number of anilines is 1. The zero-order chi connectivity index (χ0) is 19.2. The molecule has 0 atom stereocenters. The summed E-state index contributed by atoms with van der Waals surface area (Å²) in [6.07, 6.45) is 0. The zero-order valence-corrected chi connectivity index (χ0v) is 17.1. The van der Waals surface area contributed by atoms with Crippen LogP contribution in [0.5, 0.6) is 5.75 Å². The quantitative estimate of drug-likeness (QED) is 0.552. The van der Waals surface area contributed by atoms with Crippen molar-refractivity contribution in [2.75, 3.05) is 12.4 Å². The van der Waals surface area contributed by atoms with Gasteiger partial charge in [-0.3, -0.25) is 4.79 Å². The van der Waals surface area contributed by atoms with Gasteiger partial charge >= 0.3 is 0 Å². The summed E-state index contributed by atoms with van der Waals surface area (Å²) in [6.45, 7) is 4.36. The van der Waals surface area contributed by atoms with Gasteiger partial charge in [-0.05, 0) is 47.9 Å².